The lowest BCUT2D eigenvalue weighted by Gasteiger charge is -2.02. The van der Waals surface area contributed by atoms with E-state index in [-0.39, 0.29) is 30.7 Å². The van der Waals surface area contributed by atoms with Crippen molar-refractivity contribution in [2.45, 2.75) is 25.8 Å². The van der Waals surface area contributed by atoms with E-state index in [2.05, 4.69) is 20.8 Å². The Bertz CT molecular complexity index is 664. The predicted octanol–water partition coefficient (Wildman–Crippen LogP) is 1.28. The van der Waals surface area contributed by atoms with Crippen LogP contribution in [0.15, 0.2) is 34.9 Å². The standard InChI is InChI=1S/C15H16N4O3/c20-13(17-11-4-2-1-3-5-11)8-12-18-14(22-19-12)9-16-15(21)10-6-7-10/h1-5,10H,6-9H2,(H,16,21)(H,17,20). The zero-order chi connectivity index (χ0) is 15.4. The monoisotopic (exact) mass is 300 g/mol. The second-order valence-corrected chi connectivity index (χ2v) is 5.19. The molecule has 22 heavy (non-hydrogen) atoms. The number of amides is 2. The third kappa shape index (κ3) is 3.91. The minimum Gasteiger partial charge on any atom is -0.347 e. The number of hydrogen-bond donors (Lipinski definition) is 2. The Morgan fingerprint density at radius 2 is 2.00 bits per heavy atom. The molecule has 2 amide bonds. The van der Waals surface area contributed by atoms with Crippen LogP contribution in [0.2, 0.25) is 0 Å². The molecule has 0 saturated heterocycles. The van der Waals surface area contributed by atoms with E-state index < -0.39 is 0 Å². The van der Waals surface area contributed by atoms with Gasteiger partial charge in [-0.2, -0.15) is 4.98 Å². The highest BCUT2D eigenvalue weighted by molar-refractivity contribution is 5.91. The molecule has 114 valence electrons. The number of hydrogen-bond acceptors (Lipinski definition) is 5. The molecule has 1 heterocycles. The normalized spacial score (nSPS) is 13.6. The van der Waals surface area contributed by atoms with Gasteiger partial charge in [0, 0.05) is 11.6 Å². The van der Waals surface area contributed by atoms with Crippen LogP contribution in [0.5, 0.6) is 0 Å². The van der Waals surface area contributed by atoms with E-state index in [9.17, 15) is 9.59 Å². The second-order valence-electron chi connectivity index (χ2n) is 5.19. The number of aromatic nitrogens is 2. The molecule has 2 aromatic rings. The summed E-state index contributed by atoms with van der Waals surface area (Å²) in [5.41, 5.74) is 0.716. The molecule has 0 spiro atoms. The molecule has 2 N–H and O–H groups in total. The van der Waals surface area contributed by atoms with Crippen molar-refractivity contribution in [1.82, 2.24) is 15.5 Å². The fraction of sp³-hybridized carbons (Fsp3) is 0.333. The quantitative estimate of drug-likeness (QED) is 0.837. The lowest BCUT2D eigenvalue weighted by atomic mass is 10.3. The maximum atomic E-state index is 11.9. The van der Waals surface area contributed by atoms with E-state index in [4.69, 9.17) is 4.52 Å². The predicted molar refractivity (Wildman–Crippen MR) is 77.6 cm³/mol. The van der Waals surface area contributed by atoms with Gasteiger partial charge in [-0.25, -0.2) is 0 Å². The molecule has 1 fully saturated rings. The SMILES string of the molecule is O=C(Cc1noc(CNC(=O)C2CC2)n1)Nc1ccccc1. The first-order chi connectivity index (χ1) is 10.7. The number of nitrogens with one attached hydrogen (secondary N) is 2. The minimum atomic E-state index is -0.222. The molecule has 0 bridgehead atoms. The van der Waals surface area contributed by atoms with Crippen molar-refractivity contribution in [2.24, 2.45) is 5.92 Å². The summed E-state index contributed by atoms with van der Waals surface area (Å²) in [4.78, 5) is 27.4. The van der Waals surface area contributed by atoms with Gasteiger partial charge in [-0.3, -0.25) is 9.59 Å². The van der Waals surface area contributed by atoms with Crippen LogP contribution < -0.4 is 10.6 Å². The Balaban J connectivity index is 1.48. The Labute approximate surface area is 127 Å². The average Bonchev–Trinajstić information content (AvgIpc) is 3.27. The molecule has 7 nitrogen and oxygen atoms in total. The van der Waals surface area contributed by atoms with Gasteiger partial charge in [-0.1, -0.05) is 23.4 Å². The van der Waals surface area contributed by atoms with Gasteiger partial charge < -0.3 is 15.2 Å². The molecule has 1 aliphatic carbocycles. The molecule has 0 aliphatic heterocycles. The van der Waals surface area contributed by atoms with Gasteiger partial charge in [-0.15, -0.1) is 0 Å². The van der Waals surface area contributed by atoms with Crippen molar-refractivity contribution in [2.75, 3.05) is 5.32 Å². The zero-order valence-electron chi connectivity index (χ0n) is 11.9. The molecule has 0 atom stereocenters. The summed E-state index contributed by atoms with van der Waals surface area (Å²) in [6, 6.07) is 9.15. The number of carbonyl (C=O) groups is 2. The van der Waals surface area contributed by atoms with Crippen molar-refractivity contribution in [3.8, 4) is 0 Å². The van der Waals surface area contributed by atoms with Gasteiger partial charge in [0.1, 0.15) is 0 Å². The number of para-hydroxylation sites is 1. The van der Waals surface area contributed by atoms with Gasteiger partial charge in [-0.05, 0) is 25.0 Å². The lowest BCUT2D eigenvalue weighted by molar-refractivity contribution is -0.122. The van der Waals surface area contributed by atoms with Crippen LogP contribution in [0, 0.1) is 5.92 Å². The Kier molecular flexibility index (Phi) is 4.13. The van der Waals surface area contributed by atoms with E-state index in [1.807, 2.05) is 18.2 Å². The summed E-state index contributed by atoms with van der Waals surface area (Å²) in [6.45, 7) is 0.197. The Hall–Kier alpha value is -2.70. The molecule has 1 saturated carbocycles. The summed E-state index contributed by atoms with van der Waals surface area (Å²) in [7, 11) is 0. The Morgan fingerprint density at radius 1 is 1.23 bits per heavy atom. The van der Waals surface area contributed by atoms with E-state index in [0.717, 1.165) is 12.8 Å². The fourth-order valence-electron chi connectivity index (χ4n) is 1.96. The van der Waals surface area contributed by atoms with Crippen LogP contribution >= 0.6 is 0 Å². The molecule has 3 rings (SSSR count). The number of rotatable bonds is 6. The van der Waals surface area contributed by atoms with Crippen molar-refractivity contribution in [3.63, 3.8) is 0 Å². The fourth-order valence-corrected chi connectivity index (χ4v) is 1.96. The average molecular weight is 300 g/mol. The number of carbonyl (C=O) groups excluding carboxylic acids is 2. The highest BCUT2D eigenvalue weighted by Gasteiger charge is 2.29. The summed E-state index contributed by atoms with van der Waals surface area (Å²) >= 11 is 0. The van der Waals surface area contributed by atoms with Crippen molar-refractivity contribution in [1.29, 1.82) is 0 Å². The maximum absolute atomic E-state index is 11.9. The summed E-state index contributed by atoms with van der Waals surface area (Å²) in [6.07, 6.45) is 1.91. The zero-order valence-corrected chi connectivity index (χ0v) is 11.9. The van der Waals surface area contributed by atoms with Crippen LogP contribution in [0.25, 0.3) is 0 Å². The van der Waals surface area contributed by atoms with Crippen molar-refractivity contribution < 1.29 is 14.1 Å². The number of nitrogens with zero attached hydrogens (tertiary/aromatic N) is 2. The summed E-state index contributed by atoms with van der Waals surface area (Å²) < 4.78 is 5.01. The molecular formula is C15H16N4O3. The summed E-state index contributed by atoms with van der Waals surface area (Å²) in [5, 5.41) is 9.21. The third-order valence-electron chi connectivity index (χ3n) is 3.25. The van der Waals surface area contributed by atoms with Gasteiger partial charge in [0.2, 0.25) is 17.7 Å². The topological polar surface area (TPSA) is 97.1 Å². The van der Waals surface area contributed by atoms with Gasteiger partial charge in [0.15, 0.2) is 5.82 Å². The van der Waals surface area contributed by atoms with Crippen molar-refractivity contribution in [3.05, 3.63) is 42.0 Å². The van der Waals surface area contributed by atoms with Crippen LogP contribution in [-0.4, -0.2) is 22.0 Å². The van der Waals surface area contributed by atoms with E-state index in [0.29, 0.717) is 17.4 Å². The highest BCUT2D eigenvalue weighted by atomic mass is 16.5. The molecule has 1 aliphatic rings. The van der Waals surface area contributed by atoms with Crippen LogP contribution in [-0.2, 0) is 22.6 Å². The minimum absolute atomic E-state index is 0.0153. The van der Waals surface area contributed by atoms with E-state index >= 15 is 0 Å². The van der Waals surface area contributed by atoms with Gasteiger partial charge in [0.05, 0.1) is 13.0 Å². The van der Waals surface area contributed by atoms with Gasteiger partial charge in [0.25, 0.3) is 0 Å². The molecule has 0 radical (unpaired) electrons. The van der Waals surface area contributed by atoms with Crippen LogP contribution in [0.4, 0.5) is 5.69 Å². The maximum Gasteiger partial charge on any atom is 0.246 e. The number of benzene rings is 1. The number of anilines is 1. The van der Waals surface area contributed by atoms with Gasteiger partial charge >= 0.3 is 0 Å². The first-order valence-electron chi connectivity index (χ1n) is 7.15. The van der Waals surface area contributed by atoms with E-state index in [1.165, 1.54) is 0 Å². The van der Waals surface area contributed by atoms with Crippen molar-refractivity contribution >= 4 is 17.5 Å². The summed E-state index contributed by atoms with van der Waals surface area (Å²) in [5.74, 6) is 0.529. The third-order valence-corrected chi connectivity index (χ3v) is 3.25. The lowest BCUT2D eigenvalue weighted by Crippen LogP contribution is -2.24. The molecule has 0 unspecified atom stereocenters. The van der Waals surface area contributed by atoms with Crippen LogP contribution in [0.1, 0.15) is 24.6 Å². The largest absolute Gasteiger partial charge is 0.347 e. The molecule has 7 heteroatoms. The molecular weight excluding hydrogens is 284 g/mol. The second kappa shape index (κ2) is 6.38. The smallest absolute Gasteiger partial charge is 0.246 e. The van der Waals surface area contributed by atoms with Crippen LogP contribution in [0.3, 0.4) is 0 Å². The first-order valence-corrected chi connectivity index (χ1v) is 7.15. The molecule has 1 aromatic carbocycles. The van der Waals surface area contributed by atoms with E-state index in [1.54, 1.807) is 12.1 Å². The Morgan fingerprint density at radius 3 is 2.73 bits per heavy atom. The first kappa shape index (κ1) is 14.2. The highest BCUT2D eigenvalue weighted by Crippen LogP contribution is 2.28. The molecule has 1 aromatic heterocycles.